The lowest BCUT2D eigenvalue weighted by molar-refractivity contribution is -0.117. The first-order valence-corrected chi connectivity index (χ1v) is 9.96. The van der Waals surface area contributed by atoms with Gasteiger partial charge >= 0.3 is 0 Å². The number of piperazine rings is 1. The van der Waals surface area contributed by atoms with Crippen molar-refractivity contribution >= 4 is 46.1 Å². The van der Waals surface area contributed by atoms with Crippen LogP contribution in [0.1, 0.15) is 4.88 Å². The van der Waals surface area contributed by atoms with Crippen molar-refractivity contribution in [2.45, 2.75) is 6.42 Å². The molecule has 25 heavy (non-hydrogen) atoms. The van der Waals surface area contributed by atoms with Gasteiger partial charge in [-0.3, -0.25) is 9.69 Å². The van der Waals surface area contributed by atoms with Crippen LogP contribution in [0, 0.1) is 0 Å². The fourth-order valence-corrected chi connectivity index (χ4v) is 3.93. The van der Waals surface area contributed by atoms with E-state index in [2.05, 4.69) is 32.6 Å². The van der Waals surface area contributed by atoms with Crippen molar-refractivity contribution in [3.63, 3.8) is 0 Å². The van der Waals surface area contributed by atoms with Crippen molar-refractivity contribution in [2.24, 2.45) is 0 Å². The Morgan fingerprint density at radius 1 is 1.08 bits per heavy atom. The Kier molecular flexibility index (Phi) is 6.73. The van der Waals surface area contributed by atoms with E-state index in [1.165, 1.54) is 4.88 Å². The van der Waals surface area contributed by atoms with Crippen LogP contribution in [-0.4, -0.2) is 55.0 Å². The summed E-state index contributed by atoms with van der Waals surface area (Å²) in [6.45, 7) is 5.26. The maximum absolute atomic E-state index is 12.2. The highest BCUT2D eigenvalue weighted by Crippen LogP contribution is 2.29. The van der Waals surface area contributed by atoms with Crippen LogP contribution >= 0.6 is 34.5 Å². The molecule has 1 aromatic carbocycles. The zero-order chi connectivity index (χ0) is 17.6. The van der Waals surface area contributed by atoms with Crippen molar-refractivity contribution < 1.29 is 4.79 Å². The van der Waals surface area contributed by atoms with Gasteiger partial charge in [-0.05, 0) is 30.0 Å². The standard InChI is InChI=1S/C18H21Cl2N3OS/c19-15-4-1-5-16(18(15)20)21-17(24)13-23-10-8-22(9-11-23)7-6-14-3-2-12-25-14/h1-5,12H,6-11,13H2,(H,21,24). The quantitative estimate of drug-likeness (QED) is 0.803. The Balaban J connectivity index is 1.41. The molecular weight excluding hydrogens is 377 g/mol. The summed E-state index contributed by atoms with van der Waals surface area (Å²) in [6, 6.07) is 9.52. The number of nitrogens with one attached hydrogen (secondary N) is 1. The van der Waals surface area contributed by atoms with E-state index in [9.17, 15) is 4.79 Å². The summed E-state index contributed by atoms with van der Waals surface area (Å²) in [4.78, 5) is 18.3. The molecule has 0 spiro atoms. The second-order valence-corrected chi connectivity index (χ2v) is 7.91. The Morgan fingerprint density at radius 3 is 2.56 bits per heavy atom. The monoisotopic (exact) mass is 397 g/mol. The van der Waals surface area contributed by atoms with E-state index in [0.29, 0.717) is 22.3 Å². The molecule has 0 saturated carbocycles. The molecule has 1 aliphatic heterocycles. The summed E-state index contributed by atoms with van der Waals surface area (Å²) < 4.78 is 0. The van der Waals surface area contributed by atoms with Gasteiger partial charge in [-0.1, -0.05) is 35.3 Å². The molecule has 0 bridgehead atoms. The summed E-state index contributed by atoms with van der Waals surface area (Å²) in [5.41, 5.74) is 0.564. The highest BCUT2D eigenvalue weighted by atomic mass is 35.5. The van der Waals surface area contributed by atoms with Gasteiger partial charge in [0, 0.05) is 37.6 Å². The molecule has 1 aliphatic rings. The van der Waals surface area contributed by atoms with Crippen molar-refractivity contribution in [1.82, 2.24) is 9.80 Å². The summed E-state index contributed by atoms with van der Waals surface area (Å²) in [6.07, 6.45) is 1.10. The van der Waals surface area contributed by atoms with Gasteiger partial charge in [0.25, 0.3) is 0 Å². The first-order valence-electron chi connectivity index (χ1n) is 8.33. The molecule has 134 valence electrons. The number of thiophene rings is 1. The van der Waals surface area contributed by atoms with Crippen LogP contribution in [0.2, 0.25) is 10.0 Å². The Bertz CT molecular complexity index is 700. The third-order valence-electron chi connectivity index (χ3n) is 4.31. The topological polar surface area (TPSA) is 35.6 Å². The highest BCUT2D eigenvalue weighted by Gasteiger charge is 2.19. The second kappa shape index (κ2) is 9.01. The Hall–Kier alpha value is -1.11. The van der Waals surface area contributed by atoms with Gasteiger partial charge in [0.05, 0.1) is 22.3 Å². The molecule has 2 heterocycles. The van der Waals surface area contributed by atoms with Gasteiger partial charge in [-0.2, -0.15) is 0 Å². The summed E-state index contributed by atoms with van der Waals surface area (Å²) in [5.74, 6) is -0.0591. The second-order valence-electron chi connectivity index (χ2n) is 6.10. The van der Waals surface area contributed by atoms with Crippen molar-refractivity contribution in [3.05, 3.63) is 50.6 Å². The molecule has 1 aromatic heterocycles. The molecule has 4 nitrogen and oxygen atoms in total. The first kappa shape index (κ1) is 18.7. The highest BCUT2D eigenvalue weighted by molar-refractivity contribution is 7.09. The Morgan fingerprint density at radius 2 is 1.84 bits per heavy atom. The van der Waals surface area contributed by atoms with Crippen LogP contribution in [0.15, 0.2) is 35.7 Å². The minimum atomic E-state index is -0.0591. The van der Waals surface area contributed by atoms with Crippen LogP contribution in [0.5, 0.6) is 0 Å². The smallest absolute Gasteiger partial charge is 0.238 e. The number of hydrogen-bond donors (Lipinski definition) is 1. The average molecular weight is 398 g/mol. The molecule has 1 amide bonds. The number of carbonyl (C=O) groups is 1. The van der Waals surface area contributed by atoms with E-state index in [-0.39, 0.29) is 5.91 Å². The molecule has 3 rings (SSSR count). The fourth-order valence-electron chi connectivity index (χ4n) is 2.89. The summed E-state index contributed by atoms with van der Waals surface area (Å²) >= 11 is 13.9. The van der Waals surface area contributed by atoms with E-state index in [4.69, 9.17) is 23.2 Å². The zero-order valence-corrected chi connectivity index (χ0v) is 16.2. The lowest BCUT2D eigenvalue weighted by atomic mass is 10.2. The Labute approximate surface area is 162 Å². The number of benzene rings is 1. The third-order valence-corrected chi connectivity index (χ3v) is 6.07. The van der Waals surface area contributed by atoms with E-state index in [1.807, 2.05) is 11.3 Å². The average Bonchev–Trinajstić information content (AvgIpc) is 3.12. The molecule has 0 radical (unpaired) electrons. The number of hydrogen-bond acceptors (Lipinski definition) is 4. The predicted molar refractivity (Wildman–Crippen MR) is 106 cm³/mol. The fraction of sp³-hybridized carbons (Fsp3) is 0.389. The van der Waals surface area contributed by atoms with Crippen molar-refractivity contribution in [2.75, 3.05) is 44.6 Å². The number of nitrogens with zero attached hydrogens (tertiary/aromatic N) is 2. The molecular formula is C18H21Cl2N3OS. The number of anilines is 1. The van der Waals surface area contributed by atoms with E-state index in [0.717, 1.165) is 39.1 Å². The maximum Gasteiger partial charge on any atom is 0.238 e. The minimum absolute atomic E-state index is 0.0591. The SMILES string of the molecule is O=C(CN1CCN(CCc2cccs2)CC1)Nc1cccc(Cl)c1Cl. The normalized spacial score (nSPS) is 16.1. The van der Waals surface area contributed by atoms with Crippen LogP contribution in [0.4, 0.5) is 5.69 Å². The summed E-state index contributed by atoms with van der Waals surface area (Å²) in [5, 5.41) is 5.80. The summed E-state index contributed by atoms with van der Waals surface area (Å²) in [7, 11) is 0. The van der Waals surface area contributed by atoms with Crippen molar-refractivity contribution in [1.29, 1.82) is 0 Å². The number of rotatable bonds is 6. The van der Waals surface area contributed by atoms with E-state index < -0.39 is 0 Å². The molecule has 0 atom stereocenters. The van der Waals surface area contributed by atoms with Gasteiger partial charge in [-0.25, -0.2) is 0 Å². The lowest BCUT2D eigenvalue weighted by Gasteiger charge is -2.34. The lowest BCUT2D eigenvalue weighted by Crippen LogP contribution is -2.49. The zero-order valence-electron chi connectivity index (χ0n) is 13.9. The molecule has 2 aromatic rings. The third kappa shape index (κ3) is 5.43. The van der Waals surface area contributed by atoms with Crippen molar-refractivity contribution in [3.8, 4) is 0 Å². The molecule has 1 N–H and O–H groups in total. The van der Waals surface area contributed by atoms with E-state index >= 15 is 0 Å². The first-order chi connectivity index (χ1) is 12.1. The molecule has 1 saturated heterocycles. The number of halogens is 2. The van der Waals surface area contributed by atoms with Crippen LogP contribution < -0.4 is 5.32 Å². The van der Waals surface area contributed by atoms with Crippen LogP contribution in [0.25, 0.3) is 0 Å². The van der Waals surface area contributed by atoms with Crippen LogP contribution in [0.3, 0.4) is 0 Å². The molecule has 1 fully saturated rings. The predicted octanol–water partition coefficient (Wildman–Crippen LogP) is 3.85. The maximum atomic E-state index is 12.2. The number of carbonyl (C=O) groups excluding carboxylic acids is 1. The van der Waals surface area contributed by atoms with E-state index in [1.54, 1.807) is 18.2 Å². The number of amides is 1. The molecule has 0 unspecified atom stereocenters. The molecule has 7 heteroatoms. The van der Waals surface area contributed by atoms with Gasteiger partial charge in [0.1, 0.15) is 0 Å². The van der Waals surface area contributed by atoms with Gasteiger partial charge in [0.15, 0.2) is 0 Å². The molecule has 0 aliphatic carbocycles. The van der Waals surface area contributed by atoms with Gasteiger partial charge in [0.2, 0.25) is 5.91 Å². The van der Waals surface area contributed by atoms with Gasteiger partial charge < -0.3 is 10.2 Å². The largest absolute Gasteiger partial charge is 0.324 e. The van der Waals surface area contributed by atoms with Crippen LogP contribution in [-0.2, 0) is 11.2 Å². The minimum Gasteiger partial charge on any atom is -0.324 e. The van der Waals surface area contributed by atoms with Gasteiger partial charge in [-0.15, -0.1) is 11.3 Å².